The molecular formula is C17H19ClN4O5. The molecule has 1 aromatic carbocycles. The van der Waals surface area contributed by atoms with Crippen LogP contribution >= 0.6 is 11.6 Å². The predicted molar refractivity (Wildman–Crippen MR) is 97.3 cm³/mol. The van der Waals surface area contributed by atoms with Crippen molar-refractivity contribution in [2.75, 3.05) is 27.7 Å². The van der Waals surface area contributed by atoms with Crippen molar-refractivity contribution >= 4 is 34.5 Å². The van der Waals surface area contributed by atoms with Crippen molar-refractivity contribution < 1.29 is 24.2 Å². The Bertz CT molecular complexity index is 891. The number of carbonyl (C=O) groups is 2. The number of methoxy groups -OCH3 is 1. The number of rotatable bonds is 4. The molecule has 1 aliphatic heterocycles. The lowest BCUT2D eigenvalue weighted by Gasteiger charge is -2.22. The van der Waals surface area contributed by atoms with Crippen LogP contribution in [0.3, 0.4) is 0 Å². The van der Waals surface area contributed by atoms with Crippen LogP contribution < -0.4 is 9.47 Å². The number of aromatic nitrogens is 2. The molecule has 0 bridgehead atoms. The van der Waals surface area contributed by atoms with Crippen LogP contribution in [0.5, 0.6) is 11.5 Å². The Kier molecular flexibility index (Phi) is 5.22. The number of amides is 2. The number of halogens is 1. The molecule has 2 aromatic rings. The lowest BCUT2D eigenvalue weighted by atomic mass is 10.1. The molecule has 0 saturated carbocycles. The predicted octanol–water partition coefficient (Wildman–Crippen LogP) is 1.88. The van der Waals surface area contributed by atoms with Gasteiger partial charge >= 0.3 is 6.09 Å². The summed E-state index contributed by atoms with van der Waals surface area (Å²) in [7, 11) is 4.67. The number of ether oxygens (including phenoxy) is 2. The average Bonchev–Trinajstić information content (AvgIpc) is 3.05. The fraction of sp³-hybridized carbons (Fsp3) is 0.412. The fourth-order valence-corrected chi connectivity index (χ4v) is 3.29. The van der Waals surface area contributed by atoms with Crippen molar-refractivity contribution in [3.63, 3.8) is 0 Å². The van der Waals surface area contributed by atoms with Crippen LogP contribution in [-0.4, -0.2) is 76.8 Å². The minimum atomic E-state index is -1.16. The number of hydrogen-bond donors (Lipinski definition) is 1. The molecule has 1 N–H and O–H groups in total. The van der Waals surface area contributed by atoms with E-state index >= 15 is 0 Å². The molecule has 0 unspecified atom stereocenters. The first-order valence-electron chi connectivity index (χ1n) is 8.17. The zero-order valence-corrected chi connectivity index (χ0v) is 15.8. The van der Waals surface area contributed by atoms with E-state index in [4.69, 9.17) is 21.1 Å². The van der Waals surface area contributed by atoms with Crippen LogP contribution in [0.25, 0.3) is 10.9 Å². The van der Waals surface area contributed by atoms with Gasteiger partial charge in [0.05, 0.1) is 19.2 Å². The van der Waals surface area contributed by atoms with Gasteiger partial charge in [0.25, 0.3) is 0 Å². The van der Waals surface area contributed by atoms with Crippen LogP contribution in [0, 0.1) is 0 Å². The highest BCUT2D eigenvalue weighted by Crippen LogP contribution is 2.36. The van der Waals surface area contributed by atoms with E-state index in [-0.39, 0.29) is 18.9 Å². The molecule has 2 heterocycles. The number of carboxylic acid groups (broad SMARTS) is 1. The van der Waals surface area contributed by atoms with E-state index < -0.39 is 18.2 Å². The van der Waals surface area contributed by atoms with Gasteiger partial charge in [-0.3, -0.25) is 9.69 Å². The second-order valence-electron chi connectivity index (χ2n) is 6.34. The van der Waals surface area contributed by atoms with Gasteiger partial charge in [0.15, 0.2) is 11.5 Å². The number of hydrogen-bond acceptors (Lipinski definition) is 6. The first-order valence-corrected chi connectivity index (χ1v) is 8.55. The molecule has 144 valence electrons. The molecule has 0 radical (unpaired) electrons. The van der Waals surface area contributed by atoms with Gasteiger partial charge in [-0.2, -0.15) is 0 Å². The summed E-state index contributed by atoms with van der Waals surface area (Å²) >= 11 is 6.08. The zero-order valence-electron chi connectivity index (χ0n) is 15.0. The van der Waals surface area contributed by atoms with Crippen molar-refractivity contribution in [1.82, 2.24) is 19.8 Å². The second-order valence-corrected chi connectivity index (χ2v) is 6.70. The normalized spacial score (nSPS) is 19.2. The van der Waals surface area contributed by atoms with Gasteiger partial charge in [0.1, 0.15) is 23.6 Å². The van der Waals surface area contributed by atoms with Crippen LogP contribution in [0.4, 0.5) is 4.79 Å². The molecule has 3 rings (SSSR count). The summed E-state index contributed by atoms with van der Waals surface area (Å²) in [6, 6.07) is 2.54. The van der Waals surface area contributed by atoms with Gasteiger partial charge in [-0.05, 0) is 6.07 Å². The van der Waals surface area contributed by atoms with Crippen LogP contribution in [0.2, 0.25) is 5.15 Å². The molecule has 1 aromatic heterocycles. The number of carbonyl (C=O) groups excluding carboxylic acids is 1. The van der Waals surface area contributed by atoms with Gasteiger partial charge in [-0.15, -0.1) is 0 Å². The summed E-state index contributed by atoms with van der Waals surface area (Å²) in [6.07, 6.45) is -0.0753. The van der Waals surface area contributed by atoms with E-state index in [0.717, 1.165) is 4.90 Å². The van der Waals surface area contributed by atoms with E-state index in [1.165, 1.54) is 18.3 Å². The van der Waals surface area contributed by atoms with Crippen molar-refractivity contribution in [1.29, 1.82) is 0 Å². The van der Waals surface area contributed by atoms with Crippen molar-refractivity contribution in [3.8, 4) is 11.5 Å². The molecular weight excluding hydrogens is 376 g/mol. The largest absolute Gasteiger partial charge is 0.493 e. The molecule has 0 aliphatic carbocycles. The summed E-state index contributed by atoms with van der Waals surface area (Å²) in [4.78, 5) is 34.4. The Morgan fingerprint density at radius 2 is 2.04 bits per heavy atom. The molecule has 2 atom stereocenters. The SMILES string of the molecule is COc1cc2c(Cl)ncnc2cc1O[C@H]1C[C@@H](C(=O)N(C)C)N(C(=O)O)C1. The lowest BCUT2D eigenvalue weighted by molar-refractivity contribution is -0.132. The Morgan fingerprint density at radius 1 is 1.30 bits per heavy atom. The molecule has 1 fully saturated rings. The third-order valence-corrected chi connectivity index (χ3v) is 4.70. The summed E-state index contributed by atoms with van der Waals surface area (Å²) in [6.45, 7) is 0.0747. The van der Waals surface area contributed by atoms with Crippen LogP contribution in [0.15, 0.2) is 18.5 Å². The molecule has 1 aliphatic rings. The number of fused-ring (bicyclic) bond motifs is 1. The van der Waals surface area contributed by atoms with E-state index in [1.807, 2.05) is 0 Å². The highest BCUT2D eigenvalue weighted by Gasteiger charge is 2.41. The first-order chi connectivity index (χ1) is 12.8. The topological polar surface area (TPSA) is 105 Å². The number of likely N-dealkylation sites (tertiary alicyclic amines) is 1. The Hall–Kier alpha value is -2.81. The summed E-state index contributed by atoms with van der Waals surface area (Å²) in [5, 5.41) is 10.3. The number of likely N-dealkylation sites (N-methyl/N-ethyl adjacent to an activating group) is 1. The van der Waals surface area contributed by atoms with E-state index in [1.54, 1.807) is 26.2 Å². The fourth-order valence-electron chi connectivity index (χ4n) is 3.09. The van der Waals surface area contributed by atoms with Gasteiger partial charge < -0.3 is 19.5 Å². The van der Waals surface area contributed by atoms with E-state index in [9.17, 15) is 14.7 Å². The summed E-state index contributed by atoms with van der Waals surface area (Å²) in [5.74, 6) is 0.532. The quantitative estimate of drug-likeness (QED) is 0.789. The average molecular weight is 395 g/mol. The van der Waals surface area contributed by atoms with Gasteiger partial charge in [-0.25, -0.2) is 14.8 Å². The Labute approximate surface area is 160 Å². The number of nitrogens with zero attached hydrogens (tertiary/aromatic N) is 4. The number of benzene rings is 1. The van der Waals surface area contributed by atoms with Crippen LogP contribution in [0.1, 0.15) is 6.42 Å². The maximum absolute atomic E-state index is 12.3. The Morgan fingerprint density at radius 3 is 2.67 bits per heavy atom. The monoisotopic (exact) mass is 394 g/mol. The zero-order chi connectivity index (χ0) is 19.7. The lowest BCUT2D eigenvalue weighted by Crippen LogP contribution is -2.44. The first kappa shape index (κ1) is 19.0. The van der Waals surface area contributed by atoms with Gasteiger partial charge in [0, 0.05) is 32.0 Å². The van der Waals surface area contributed by atoms with Crippen LogP contribution in [-0.2, 0) is 4.79 Å². The van der Waals surface area contributed by atoms with Gasteiger partial charge in [0.2, 0.25) is 5.91 Å². The minimum Gasteiger partial charge on any atom is -0.493 e. The van der Waals surface area contributed by atoms with E-state index in [2.05, 4.69) is 9.97 Å². The molecule has 2 amide bonds. The highest BCUT2D eigenvalue weighted by molar-refractivity contribution is 6.34. The minimum absolute atomic E-state index is 0.0747. The summed E-state index contributed by atoms with van der Waals surface area (Å²) in [5.41, 5.74) is 0.569. The third kappa shape index (κ3) is 3.68. The van der Waals surface area contributed by atoms with E-state index in [0.29, 0.717) is 27.6 Å². The van der Waals surface area contributed by atoms with Crippen molar-refractivity contribution in [2.24, 2.45) is 0 Å². The second kappa shape index (κ2) is 7.43. The molecule has 9 nitrogen and oxygen atoms in total. The highest BCUT2D eigenvalue weighted by atomic mass is 35.5. The molecule has 27 heavy (non-hydrogen) atoms. The molecule has 0 spiro atoms. The maximum atomic E-state index is 12.3. The smallest absolute Gasteiger partial charge is 0.408 e. The Balaban J connectivity index is 1.88. The standard InChI is InChI=1S/C17H19ClN4O5/c1-21(2)16(23)12-4-9(7-22(12)17(24)25)27-14-6-11-10(5-13(14)26-3)15(18)20-8-19-11/h5-6,8-9,12H,4,7H2,1-3H3,(H,24,25)/t9-,12-/m0/s1. The van der Waals surface area contributed by atoms with Crippen molar-refractivity contribution in [3.05, 3.63) is 23.6 Å². The maximum Gasteiger partial charge on any atom is 0.408 e. The van der Waals surface area contributed by atoms with Crippen molar-refractivity contribution in [2.45, 2.75) is 18.6 Å². The molecule has 1 saturated heterocycles. The molecule has 10 heteroatoms. The summed E-state index contributed by atoms with van der Waals surface area (Å²) < 4.78 is 11.3. The third-order valence-electron chi connectivity index (χ3n) is 4.40. The van der Waals surface area contributed by atoms with Gasteiger partial charge in [-0.1, -0.05) is 11.6 Å².